The summed E-state index contributed by atoms with van der Waals surface area (Å²) in [6, 6.07) is 13.1. The number of pyridine rings is 2. The van der Waals surface area contributed by atoms with E-state index in [2.05, 4.69) is 15.3 Å². The summed E-state index contributed by atoms with van der Waals surface area (Å²) >= 11 is 6.02. The van der Waals surface area contributed by atoms with Crippen LogP contribution in [0.2, 0.25) is 5.02 Å². The number of anilines is 1. The van der Waals surface area contributed by atoms with E-state index in [-0.39, 0.29) is 18.4 Å². The number of ether oxygens (including phenoxy) is 1. The molecule has 1 aromatic carbocycles. The van der Waals surface area contributed by atoms with E-state index in [0.717, 1.165) is 11.1 Å². The van der Waals surface area contributed by atoms with Crippen molar-refractivity contribution in [1.29, 1.82) is 0 Å². The lowest BCUT2D eigenvalue weighted by Crippen LogP contribution is -2.48. The Morgan fingerprint density at radius 1 is 1.12 bits per heavy atom. The van der Waals surface area contributed by atoms with Crippen LogP contribution in [0.1, 0.15) is 38.8 Å². The predicted octanol–water partition coefficient (Wildman–Crippen LogP) is 5.26. The van der Waals surface area contributed by atoms with Crippen molar-refractivity contribution in [3.8, 4) is 0 Å². The molecule has 4 rings (SSSR count). The SMILES string of the molecule is CC(C)(C)OC(=O)N1CC[C@H](c2ccc(Cl)cn2)[C@H](C(=O)Nc2cccc3cccnc23)C1. The predicted molar refractivity (Wildman–Crippen MR) is 128 cm³/mol. The Morgan fingerprint density at radius 3 is 2.64 bits per heavy atom. The summed E-state index contributed by atoms with van der Waals surface area (Å²) in [5.41, 5.74) is 1.52. The number of hydrogen-bond donors (Lipinski definition) is 1. The van der Waals surface area contributed by atoms with E-state index in [1.807, 2.05) is 57.2 Å². The second-order valence-electron chi connectivity index (χ2n) is 9.20. The molecule has 3 aromatic rings. The molecule has 0 saturated carbocycles. The lowest BCUT2D eigenvalue weighted by atomic mass is 9.82. The monoisotopic (exact) mass is 466 g/mol. The van der Waals surface area contributed by atoms with Gasteiger partial charge in [0.2, 0.25) is 5.91 Å². The fourth-order valence-corrected chi connectivity index (χ4v) is 4.21. The van der Waals surface area contributed by atoms with Gasteiger partial charge in [0.05, 0.1) is 22.1 Å². The molecule has 2 amide bonds. The van der Waals surface area contributed by atoms with Gasteiger partial charge in [0.15, 0.2) is 0 Å². The first-order chi connectivity index (χ1) is 15.7. The largest absolute Gasteiger partial charge is 0.444 e. The van der Waals surface area contributed by atoms with Gasteiger partial charge in [-0.15, -0.1) is 0 Å². The third kappa shape index (κ3) is 5.42. The number of halogens is 1. The molecular formula is C25H27ClN4O3. The summed E-state index contributed by atoms with van der Waals surface area (Å²) in [6.45, 7) is 6.18. The van der Waals surface area contributed by atoms with Crippen LogP contribution < -0.4 is 5.32 Å². The van der Waals surface area contributed by atoms with Crippen LogP contribution in [0, 0.1) is 5.92 Å². The first kappa shape index (κ1) is 23.0. The summed E-state index contributed by atoms with van der Waals surface area (Å²) in [7, 11) is 0. The van der Waals surface area contributed by atoms with Crippen LogP contribution in [0.5, 0.6) is 0 Å². The van der Waals surface area contributed by atoms with Gasteiger partial charge in [-0.2, -0.15) is 0 Å². The maximum atomic E-state index is 13.5. The van der Waals surface area contributed by atoms with Gasteiger partial charge in [-0.25, -0.2) is 4.79 Å². The molecular weight excluding hydrogens is 440 g/mol. The van der Waals surface area contributed by atoms with Gasteiger partial charge in [0.25, 0.3) is 0 Å². The number of nitrogens with zero attached hydrogens (tertiary/aromatic N) is 3. The number of carbonyl (C=O) groups excluding carboxylic acids is 2. The van der Waals surface area contributed by atoms with E-state index in [1.54, 1.807) is 23.4 Å². The number of rotatable bonds is 3. The summed E-state index contributed by atoms with van der Waals surface area (Å²) in [5, 5.41) is 4.51. The van der Waals surface area contributed by atoms with Crippen LogP contribution in [0.4, 0.5) is 10.5 Å². The molecule has 1 aliphatic heterocycles. The van der Waals surface area contributed by atoms with Crippen LogP contribution in [0.3, 0.4) is 0 Å². The number of fused-ring (bicyclic) bond motifs is 1. The van der Waals surface area contributed by atoms with Gasteiger partial charge < -0.3 is 15.0 Å². The molecule has 172 valence electrons. The van der Waals surface area contributed by atoms with Crippen molar-refractivity contribution in [2.45, 2.75) is 38.7 Å². The molecule has 2 aromatic heterocycles. The van der Waals surface area contributed by atoms with Gasteiger partial charge in [-0.05, 0) is 51.5 Å². The second-order valence-corrected chi connectivity index (χ2v) is 9.64. The minimum absolute atomic E-state index is 0.163. The average Bonchev–Trinajstić information content (AvgIpc) is 2.78. The van der Waals surface area contributed by atoms with Crippen LogP contribution in [-0.4, -0.2) is 45.6 Å². The van der Waals surface area contributed by atoms with E-state index < -0.39 is 17.6 Å². The lowest BCUT2D eigenvalue weighted by molar-refractivity contribution is -0.122. The number of aromatic nitrogens is 2. The number of piperidine rings is 1. The van der Waals surface area contributed by atoms with Crippen molar-refractivity contribution >= 4 is 40.2 Å². The van der Waals surface area contributed by atoms with Gasteiger partial charge >= 0.3 is 6.09 Å². The first-order valence-electron chi connectivity index (χ1n) is 11.0. The molecule has 8 heteroatoms. The molecule has 1 N–H and O–H groups in total. The Balaban J connectivity index is 1.61. The number of benzene rings is 1. The number of para-hydroxylation sites is 1. The normalized spacial score (nSPS) is 18.7. The topological polar surface area (TPSA) is 84.4 Å². The molecule has 2 atom stereocenters. The number of amides is 2. The van der Waals surface area contributed by atoms with E-state index in [1.165, 1.54) is 0 Å². The molecule has 1 aliphatic rings. The average molecular weight is 467 g/mol. The van der Waals surface area contributed by atoms with Crippen LogP contribution in [0.15, 0.2) is 54.9 Å². The first-order valence-corrected chi connectivity index (χ1v) is 11.3. The molecule has 0 spiro atoms. The summed E-state index contributed by atoms with van der Waals surface area (Å²) in [6.07, 6.45) is 3.44. The maximum Gasteiger partial charge on any atom is 0.410 e. The highest BCUT2D eigenvalue weighted by Crippen LogP contribution is 2.34. The molecule has 1 saturated heterocycles. The van der Waals surface area contributed by atoms with E-state index in [4.69, 9.17) is 16.3 Å². The molecule has 7 nitrogen and oxygen atoms in total. The maximum absolute atomic E-state index is 13.5. The summed E-state index contributed by atoms with van der Waals surface area (Å²) in [4.78, 5) is 36.8. The van der Waals surface area contributed by atoms with Crippen molar-refractivity contribution in [3.63, 3.8) is 0 Å². The highest BCUT2D eigenvalue weighted by Gasteiger charge is 2.39. The Kier molecular flexibility index (Phi) is 6.51. The third-order valence-electron chi connectivity index (χ3n) is 5.62. The molecule has 0 unspecified atom stereocenters. The van der Waals surface area contributed by atoms with Crippen LogP contribution >= 0.6 is 11.6 Å². The zero-order chi connectivity index (χ0) is 23.6. The number of nitrogens with one attached hydrogen (secondary N) is 1. The van der Waals surface area contributed by atoms with Crippen LogP contribution in [-0.2, 0) is 9.53 Å². The molecule has 0 bridgehead atoms. The van der Waals surface area contributed by atoms with Crippen molar-refractivity contribution in [1.82, 2.24) is 14.9 Å². The van der Waals surface area contributed by atoms with Crippen molar-refractivity contribution < 1.29 is 14.3 Å². The lowest BCUT2D eigenvalue weighted by Gasteiger charge is -2.38. The zero-order valence-electron chi connectivity index (χ0n) is 18.9. The Bertz CT molecular complexity index is 1160. The highest BCUT2D eigenvalue weighted by atomic mass is 35.5. The molecule has 3 heterocycles. The highest BCUT2D eigenvalue weighted by molar-refractivity contribution is 6.30. The molecule has 1 fully saturated rings. The minimum Gasteiger partial charge on any atom is -0.444 e. The second kappa shape index (κ2) is 9.35. The van der Waals surface area contributed by atoms with E-state index in [0.29, 0.717) is 29.2 Å². The van der Waals surface area contributed by atoms with Gasteiger partial charge in [-0.1, -0.05) is 29.8 Å². The van der Waals surface area contributed by atoms with Crippen LogP contribution in [0.25, 0.3) is 10.9 Å². The Morgan fingerprint density at radius 2 is 1.91 bits per heavy atom. The fraction of sp³-hybridized carbons (Fsp3) is 0.360. The minimum atomic E-state index is -0.613. The molecule has 0 aliphatic carbocycles. The van der Waals surface area contributed by atoms with E-state index >= 15 is 0 Å². The van der Waals surface area contributed by atoms with Gasteiger partial charge in [0.1, 0.15) is 5.60 Å². The van der Waals surface area contributed by atoms with Gasteiger partial charge in [-0.3, -0.25) is 14.8 Å². The quantitative estimate of drug-likeness (QED) is 0.569. The van der Waals surface area contributed by atoms with Crippen molar-refractivity contribution in [3.05, 3.63) is 65.6 Å². The number of hydrogen-bond acceptors (Lipinski definition) is 5. The summed E-state index contributed by atoms with van der Waals surface area (Å²) < 4.78 is 5.55. The molecule has 33 heavy (non-hydrogen) atoms. The fourth-order valence-electron chi connectivity index (χ4n) is 4.10. The third-order valence-corrected chi connectivity index (χ3v) is 5.85. The number of carbonyl (C=O) groups is 2. The Hall–Kier alpha value is -3.19. The van der Waals surface area contributed by atoms with Crippen molar-refractivity contribution in [2.75, 3.05) is 18.4 Å². The number of likely N-dealkylation sites (tertiary alicyclic amines) is 1. The molecule has 0 radical (unpaired) electrons. The van der Waals surface area contributed by atoms with Crippen molar-refractivity contribution in [2.24, 2.45) is 5.92 Å². The summed E-state index contributed by atoms with van der Waals surface area (Å²) in [5.74, 6) is -0.869. The standard InChI is InChI=1S/C25H27ClN4O3/c1-25(2,3)33-24(32)30-13-11-18(20-10-9-17(26)14-28-20)19(15-30)23(31)29-21-8-4-6-16-7-5-12-27-22(16)21/h4-10,12,14,18-19H,11,13,15H2,1-3H3,(H,29,31)/t18-,19+/m0/s1. The van der Waals surface area contributed by atoms with E-state index in [9.17, 15) is 9.59 Å². The Labute approximate surface area is 198 Å². The zero-order valence-corrected chi connectivity index (χ0v) is 19.7. The smallest absolute Gasteiger partial charge is 0.410 e. The van der Waals surface area contributed by atoms with Gasteiger partial charge in [0, 0.05) is 42.5 Å².